The van der Waals surface area contributed by atoms with Crippen molar-refractivity contribution in [3.63, 3.8) is 0 Å². The number of nitrogens with zero attached hydrogens (tertiary/aromatic N) is 3. The Hall–Kier alpha value is -0.860. The average Bonchev–Trinajstić information content (AvgIpc) is 2.99. The quantitative estimate of drug-likeness (QED) is 0.488. The first-order valence-corrected chi connectivity index (χ1v) is 10.1. The summed E-state index contributed by atoms with van der Waals surface area (Å²) in [5.74, 6) is 1.39. The van der Waals surface area contributed by atoms with Gasteiger partial charge in [-0.15, -0.1) is 0 Å². The normalized spacial score (nSPS) is 19.6. The van der Waals surface area contributed by atoms with Gasteiger partial charge < -0.3 is 15.0 Å². The number of hydrogen-bond acceptors (Lipinski definition) is 4. The Balaban J connectivity index is 2.44. The van der Waals surface area contributed by atoms with Crippen LogP contribution >= 0.6 is 0 Å². The van der Waals surface area contributed by atoms with E-state index >= 15 is 0 Å². The summed E-state index contributed by atoms with van der Waals surface area (Å²) in [5, 5.41) is 3.18. The summed E-state index contributed by atoms with van der Waals surface area (Å²) >= 11 is 0. The Morgan fingerprint density at radius 3 is 2.61 bits per heavy atom. The summed E-state index contributed by atoms with van der Waals surface area (Å²) in [5.41, 5.74) is 0. The smallest absolute Gasteiger partial charge is 0.215 e. The predicted octanol–water partition coefficient (Wildman–Crippen LogP) is 0.592. The first-order chi connectivity index (χ1) is 11.0. The van der Waals surface area contributed by atoms with Crippen molar-refractivity contribution in [3.8, 4) is 0 Å². The number of rotatable bonds is 9. The zero-order chi connectivity index (χ0) is 17.3. The van der Waals surface area contributed by atoms with Crippen LogP contribution in [-0.2, 0) is 14.8 Å². The van der Waals surface area contributed by atoms with E-state index in [1.807, 2.05) is 20.8 Å². The molecule has 8 heteroatoms. The molecule has 0 radical (unpaired) electrons. The van der Waals surface area contributed by atoms with Gasteiger partial charge in [-0.3, -0.25) is 4.99 Å². The zero-order valence-corrected chi connectivity index (χ0v) is 15.7. The van der Waals surface area contributed by atoms with Crippen molar-refractivity contribution in [2.24, 2.45) is 10.9 Å². The molecule has 23 heavy (non-hydrogen) atoms. The molecule has 0 aromatic rings. The van der Waals surface area contributed by atoms with Gasteiger partial charge in [-0.05, 0) is 13.3 Å². The molecule has 0 amide bonds. The molecule has 0 aromatic heterocycles. The number of likely N-dealkylation sites (tertiary alicyclic amines) is 1. The molecule has 1 rings (SSSR count). The van der Waals surface area contributed by atoms with E-state index in [1.54, 1.807) is 7.05 Å². The average molecular weight is 349 g/mol. The van der Waals surface area contributed by atoms with Gasteiger partial charge in [0, 0.05) is 52.3 Å². The van der Waals surface area contributed by atoms with Crippen molar-refractivity contribution < 1.29 is 13.2 Å². The van der Waals surface area contributed by atoms with Crippen LogP contribution in [0.2, 0.25) is 0 Å². The fraction of sp³-hybridized carbons (Fsp3) is 0.933. The Morgan fingerprint density at radius 2 is 2.04 bits per heavy atom. The minimum absolute atomic E-state index is 0.0872. The summed E-state index contributed by atoms with van der Waals surface area (Å²) in [6.45, 7) is 10.5. The standard InChI is InChI=1S/C15H32N4O3S/c1-5-19(6-2)23(20,21)11-9-17-15(16-4)18-10-8-14(12-18)13-22-7-3/h14H,5-13H2,1-4H3,(H,16,17). The van der Waals surface area contributed by atoms with Gasteiger partial charge in [0.25, 0.3) is 0 Å². The van der Waals surface area contributed by atoms with Gasteiger partial charge in [0.05, 0.1) is 12.4 Å². The van der Waals surface area contributed by atoms with E-state index in [-0.39, 0.29) is 5.75 Å². The van der Waals surface area contributed by atoms with E-state index in [9.17, 15) is 8.42 Å². The van der Waals surface area contributed by atoms with Crippen LogP contribution in [0.4, 0.5) is 0 Å². The largest absolute Gasteiger partial charge is 0.381 e. The second-order valence-corrected chi connectivity index (χ2v) is 7.72. The van der Waals surface area contributed by atoms with Crippen LogP contribution in [0, 0.1) is 5.92 Å². The molecule has 1 aliphatic heterocycles. The number of ether oxygens (including phenoxy) is 1. The minimum Gasteiger partial charge on any atom is -0.381 e. The Labute approximate surface area is 141 Å². The monoisotopic (exact) mass is 348 g/mol. The molecule has 136 valence electrons. The molecule has 0 bridgehead atoms. The fourth-order valence-electron chi connectivity index (χ4n) is 2.82. The molecule has 0 aromatic carbocycles. The number of nitrogens with one attached hydrogen (secondary N) is 1. The highest BCUT2D eigenvalue weighted by molar-refractivity contribution is 7.89. The lowest BCUT2D eigenvalue weighted by molar-refractivity contribution is 0.114. The third kappa shape index (κ3) is 6.27. The molecular formula is C15H32N4O3S. The van der Waals surface area contributed by atoms with E-state index in [0.717, 1.165) is 38.7 Å². The molecule has 0 spiro atoms. The molecular weight excluding hydrogens is 316 g/mol. The maximum Gasteiger partial charge on any atom is 0.215 e. The number of hydrogen-bond donors (Lipinski definition) is 1. The maximum absolute atomic E-state index is 12.2. The van der Waals surface area contributed by atoms with E-state index in [0.29, 0.717) is 25.6 Å². The minimum atomic E-state index is -3.20. The van der Waals surface area contributed by atoms with Gasteiger partial charge >= 0.3 is 0 Å². The number of sulfonamides is 1. The van der Waals surface area contributed by atoms with Crippen LogP contribution in [0.25, 0.3) is 0 Å². The molecule has 1 atom stereocenters. The number of aliphatic imine (C=N–C) groups is 1. The Morgan fingerprint density at radius 1 is 1.35 bits per heavy atom. The summed E-state index contributed by atoms with van der Waals surface area (Å²) in [7, 11) is -1.46. The van der Waals surface area contributed by atoms with Crippen LogP contribution < -0.4 is 5.32 Å². The van der Waals surface area contributed by atoms with Crippen molar-refractivity contribution in [3.05, 3.63) is 0 Å². The third-order valence-electron chi connectivity index (χ3n) is 4.10. The molecule has 1 N–H and O–H groups in total. The van der Waals surface area contributed by atoms with Crippen LogP contribution in [0.3, 0.4) is 0 Å². The summed E-state index contributed by atoms with van der Waals surface area (Å²) in [6, 6.07) is 0. The zero-order valence-electron chi connectivity index (χ0n) is 14.9. The fourth-order valence-corrected chi connectivity index (χ4v) is 4.22. The van der Waals surface area contributed by atoms with E-state index in [1.165, 1.54) is 4.31 Å². The van der Waals surface area contributed by atoms with Crippen LogP contribution in [0.5, 0.6) is 0 Å². The molecule has 1 fully saturated rings. The highest BCUT2D eigenvalue weighted by Gasteiger charge is 2.25. The Bertz CT molecular complexity index is 463. The van der Waals surface area contributed by atoms with Gasteiger partial charge in [-0.25, -0.2) is 12.7 Å². The van der Waals surface area contributed by atoms with E-state index in [4.69, 9.17) is 4.74 Å². The van der Waals surface area contributed by atoms with Gasteiger partial charge in [0.2, 0.25) is 10.0 Å². The predicted molar refractivity (Wildman–Crippen MR) is 94.2 cm³/mol. The summed E-state index contributed by atoms with van der Waals surface area (Å²) in [4.78, 5) is 6.45. The second kappa shape index (κ2) is 10.1. The summed E-state index contributed by atoms with van der Waals surface area (Å²) < 4.78 is 31.3. The topological polar surface area (TPSA) is 74.2 Å². The van der Waals surface area contributed by atoms with Crippen LogP contribution in [0.15, 0.2) is 4.99 Å². The van der Waals surface area contributed by atoms with E-state index < -0.39 is 10.0 Å². The maximum atomic E-state index is 12.2. The molecule has 1 unspecified atom stereocenters. The van der Waals surface area contributed by atoms with Crippen molar-refractivity contribution >= 4 is 16.0 Å². The SMILES string of the molecule is CCOCC1CCN(C(=NC)NCCS(=O)(=O)N(CC)CC)C1. The van der Waals surface area contributed by atoms with Gasteiger partial charge in [-0.1, -0.05) is 13.8 Å². The van der Waals surface area contributed by atoms with E-state index in [2.05, 4.69) is 15.2 Å². The van der Waals surface area contributed by atoms with Crippen molar-refractivity contribution in [2.75, 3.05) is 58.7 Å². The van der Waals surface area contributed by atoms with Crippen molar-refractivity contribution in [1.29, 1.82) is 0 Å². The highest BCUT2D eigenvalue weighted by atomic mass is 32.2. The van der Waals surface area contributed by atoms with Gasteiger partial charge in [0.15, 0.2) is 5.96 Å². The lowest BCUT2D eigenvalue weighted by atomic mass is 10.1. The van der Waals surface area contributed by atoms with Crippen molar-refractivity contribution in [2.45, 2.75) is 27.2 Å². The second-order valence-electron chi connectivity index (χ2n) is 5.63. The first kappa shape index (κ1) is 20.2. The van der Waals surface area contributed by atoms with Crippen molar-refractivity contribution in [1.82, 2.24) is 14.5 Å². The lowest BCUT2D eigenvalue weighted by Crippen LogP contribution is -2.43. The molecule has 1 aliphatic rings. The van der Waals surface area contributed by atoms with Crippen LogP contribution in [-0.4, -0.2) is 82.3 Å². The molecule has 1 saturated heterocycles. The Kier molecular flexibility index (Phi) is 8.86. The number of guanidine groups is 1. The van der Waals surface area contributed by atoms with Gasteiger partial charge in [-0.2, -0.15) is 0 Å². The first-order valence-electron chi connectivity index (χ1n) is 8.49. The molecule has 0 aliphatic carbocycles. The summed E-state index contributed by atoms with van der Waals surface area (Å²) in [6.07, 6.45) is 1.08. The molecule has 1 heterocycles. The van der Waals surface area contributed by atoms with Gasteiger partial charge in [0.1, 0.15) is 0 Å². The van der Waals surface area contributed by atoms with Crippen LogP contribution in [0.1, 0.15) is 27.2 Å². The molecule has 0 saturated carbocycles. The lowest BCUT2D eigenvalue weighted by Gasteiger charge is -2.23. The third-order valence-corrected chi connectivity index (χ3v) is 6.12. The molecule has 7 nitrogen and oxygen atoms in total. The highest BCUT2D eigenvalue weighted by Crippen LogP contribution is 2.16.